The van der Waals surface area contributed by atoms with Crippen molar-refractivity contribution >= 4 is 11.7 Å². The van der Waals surface area contributed by atoms with Crippen LogP contribution in [0.4, 0.5) is 10.5 Å². The zero-order chi connectivity index (χ0) is 13.2. The van der Waals surface area contributed by atoms with E-state index in [1.54, 1.807) is 36.3 Å². The summed E-state index contributed by atoms with van der Waals surface area (Å²) in [5, 5.41) is 12.6. The number of carbonyl (C=O) groups is 1. The standard InChI is InChI=1S/C13H18N2O3/c1-3-13(17)8-15(9-13)12(16)14-10-4-6-11(18-2)7-5-10/h4-7,17H,3,8-9H2,1-2H3,(H,14,16). The Morgan fingerprint density at radius 2 is 2.06 bits per heavy atom. The molecule has 0 bridgehead atoms. The molecule has 0 atom stereocenters. The Balaban J connectivity index is 1.88. The van der Waals surface area contributed by atoms with Crippen molar-refractivity contribution in [2.45, 2.75) is 18.9 Å². The van der Waals surface area contributed by atoms with Gasteiger partial charge in [0.2, 0.25) is 0 Å². The number of benzene rings is 1. The molecule has 1 aromatic rings. The predicted molar refractivity (Wildman–Crippen MR) is 68.8 cm³/mol. The molecule has 18 heavy (non-hydrogen) atoms. The maximum Gasteiger partial charge on any atom is 0.322 e. The number of anilines is 1. The van der Waals surface area contributed by atoms with E-state index in [1.165, 1.54) is 0 Å². The molecule has 0 saturated carbocycles. The van der Waals surface area contributed by atoms with Crippen LogP contribution in [0, 0.1) is 0 Å². The quantitative estimate of drug-likeness (QED) is 0.858. The Bertz CT molecular complexity index is 424. The Hall–Kier alpha value is -1.75. The van der Waals surface area contributed by atoms with Crippen molar-refractivity contribution in [3.63, 3.8) is 0 Å². The van der Waals surface area contributed by atoms with Gasteiger partial charge in [0.15, 0.2) is 0 Å². The van der Waals surface area contributed by atoms with Crippen molar-refractivity contribution in [3.8, 4) is 5.75 Å². The molecular formula is C13H18N2O3. The van der Waals surface area contributed by atoms with Gasteiger partial charge in [0, 0.05) is 5.69 Å². The lowest BCUT2D eigenvalue weighted by Gasteiger charge is -2.45. The van der Waals surface area contributed by atoms with E-state index < -0.39 is 5.60 Å². The van der Waals surface area contributed by atoms with Crippen LogP contribution >= 0.6 is 0 Å². The van der Waals surface area contributed by atoms with Crippen LogP contribution in [-0.4, -0.2) is 41.8 Å². The van der Waals surface area contributed by atoms with E-state index in [9.17, 15) is 9.90 Å². The second kappa shape index (κ2) is 4.86. The molecule has 0 spiro atoms. The first-order chi connectivity index (χ1) is 8.56. The number of rotatable bonds is 3. The molecule has 0 aliphatic carbocycles. The number of hydrogen-bond acceptors (Lipinski definition) is 3. The third-order valence-corrected chi connectivity index (χ3v) is 3.26. The number of likely N-dealkylation sites (tertiary alicyclic amines) is 1. The third-order valence-electron chi connectivity index (χ3n) is 3.26. The first kappa shape index (κ1) is 12.7. The summed E-state index contributed by atoms with van der Waals surface area (Å²) in [6, 6.07) is 6.95. The number of methoxy groups -OCH3 is 1. The largest absolute Gasteiger partial charge is 0.497 e. The molecule has 1 aliphatic rings. The van der Waals surface area contributed by atoms with Crippen LogP contribution in [0.25, 0.3) is 0 Å². The molecule has 0 radical (unpaired) electrons. The van der Waals surface area contributed by atoms with Crippen LogP contribution in [0.2, 0.25) is 0 Å². The number of amides is 2. The molecule has 98 valence electrons. The Morgan fingerprint density at radius 3 is 2.56 bits per heavy atom. The SMILES string of the molecule is CCC1(O)CN(C(=O)Nc2ccc(OC)cc2)C1. The minimum absolute atomic E-state index is 0.182. The number of carbonyl (C=O) groups excluding carboxylic acids is 1. The molecular weight excluding hydrogens is 232 g/mol. The Kier molecular flexibility index (Phi) is 3.43. The van der Waals surface area contributed by atoms with Crippen LogP contribution in [0.5, 0.6) is 5.75 Å². The molecule has 5 heteroatoms. The second-order valence-electron chi connectivity index (χ2n) is 4.59. The summed E-state index contributed by atoms with van der Waals surface area (Å²) in [5.74, 6) is 0.748. The van der Waals surface area contributed by atoms with Crippen LogP contribution < -0.4 is 10.1 Å². The summed E-state index contributed by atoms with van der Waals surface area (Å²) >= 11 is 0. The number of urea groups is 1. The fraction of sp³-hybridized carbons (Fsp3) is 0.462. The Labute approximate surface area is 106 Å². The molecule has 1 aliphatic heterocycles. The van der Waals surface area contributed by atoms with Crippen LogP contribution in [0.15, 0.2) is 24.3 Å². The number of aliphatic hydroxyl groups is 1. The van der Waals surface area contributed by atoms with Gasteiger partial charge in [0.05, 0.1) is 25.8 Å². The van der Waals surface area contributed by atoms with Crippen molar-refractivity contribution in [1.29, 1.82) is 0 Å². The number of β-amino-alcohol motifs (C(OH)–C–C–N with tert-alkyl or cyclic N) is 1. The van der Waals surface area contributed by atoms with Crippen molar-refractivity contribution < 1.29 is 14.6 Å². The van der Waals surface area contributed by atoms with Crippen molar-refractivity contribution in [2.75, 3.05) is 25.5 Å². The fourth-order valence-corrected chi connectivity index (χ4v) is 1.91. The highest BCUT2D eigenvalue weighted by Gasteiger charge is 2.41. The topological polar surface area (TPSA) is 61.8 Å². The van der Waals surface area contributed by atoms with E-state index in [0.29, 0.717) is 25.2 Å². The number of ether oxygens (including phenoxy) is 1. The summed E-state index contributed by atoms with van der Waals surface area (Å²) in [5.41, 5.74) is 0.0183. The van der Waals surface area contributed by atoms with E-state index in [-0.39, 0.29) is 6.03 Å². The summed E-state index contributed by atoms with van der Waals surface area (Å²) in [6.07, 6.45) is 0.666. The highest BCUT2D eigenvalue weighted by molar-refractivity contribution is 5.90. The highest BCUT2D eigenvalue weighted by atomic mass is 16.5. The summed E-state index contributed by atoms with van der Waals surface area (Å²) in [4.78, 5) is 13.4. The van der Waals surface area contributed by atoms with E-state index in [2.05, 4.69) is 5.32 Å². The van der Waals surface area contributed by atoms with Crippen LogP contribution in [0.3, 0.4) is 0 Å². The van der Waals surface area contributed by atoms with Gasteiger partial charge < -0.3 is 20.1 Å². The van der Waals surface area contributed by atoms with Gasteiger partial charge in [-0.3, -0.25) is 0 Å². The number of hydrogen-bond donors (Lipinski definition) is 2. The summed E-state index contributed by atoms with van der Waals surface area (Å²) < 4.78 is 5.04. The smallest absolute Gasteiger partial charge is 0.322 e. The minimum Gasteiger partial charge on any atom is -0.497 e. The van der Waals surface area contributed by atoms with Gasteiger partial charge >= 0.3 is 6.03 Å². The lowest BCUT2D eigenvalue weighted by atomic mass is 9.92. The predicted octanol–water partition coefficient (Wildman–Crippen LogP) is 1.68. The molecule has 0 aromatic heterocycles. The zero-order valence-corrected chi connectivity index (χ0v) is 10.6. The van der Waals surface area contributed by atoms with E-state index in [4.69, 9.17) is 4.74 Å². The normalized spacial score (nSPS) is 16.9. The fourth-order valence-electron chi connectivity index (χ4n) is 1.91. The van der Waals surface area contributed by atoms with Gasteiger partial charge in [-0.15, -0.1) is 0 Å². The highest BCUT2D eigenvalue weighted by Crippen LogP contribution is 2.25. The molecule has 2 rings (SSSR count). The molecule has 2 amide bonds. The van der Waals surface area contributed by atoms with Gasteiger partial charge in [-0.2, -0.15) is 0 Å². The van der Waals surface area contributed by atoms with Crippen molar-refractivity contribution in [1.82, 2.24) is 4.90 Å². The molecule has 0 unspecified atom stereocenters. The van der Waals surface area contributed by atoms with Gasteiger partial charge in [-0.1, -0.05) is 6.92 Å². The molecule has 1 fully saturated rings. The van der Waals surface area contributed by atoms with Gasteiger partial charge in [0.1, 0.15) is 5.75 Å². The first-order valence-corrected chi connectivity index (χ1v) is 5.99. The molecule has 5 nitrogen and oxygen atoms in total. The molecule has 1 heterocycles. The monoisotopic (exact) mass is 250 g/mol. The average molecular weight is 250 g/mol. The second-order valence-corrected chi connectivity index (χ2v) is 4.59. The molecule has 2 N–H and O–H groups in total. The zero-order valence-electron chi connectivity index (χ0n) is 10.6. The third kappa shape index (κ3) is 2.56. The minimum atomic E-state index is -0.697. The first-order valence-electron chi connectivity index (χ1n) is 5.99. The van der Waals surface area contributed by atoms with E-state index >= 15 is 0 Å². The maximum absolute atomic E-state index is 11.8. The van der Waals surface area contributed by atoms with Crippen LogP contribution in [-0.2, 0) is 0 Å². The maximum atomic E-state index is 11.8. The Morgan fingerprint density at radius 1 is 1.44 bits per heavy atom. The molecule has 1 aromatic carbocycles. The van der Waals surface area contributed by atoms with Crippen molar-refractivity contribution in [2.24, 2.45) is 0 Å². The van der Waals surface area contributed by atoms with Crippen LogP contribution in [0.1, 0.15) is 13.3 Å². The van der Waals surface area contributed by atoms with Gasteiger partial charge in [0.25, 0.3) is 0 Å². The number of nitrogens with zero attached hydrogens (tertiary/aromatic N) is 1. The van der Waals surface area contributed by atoms with E-state index in [1.807, 2.05) is 6.92 Å². The number of nitrogens with one attached hydrogen (secondary N) is 1. The average Bonchev–Trinajstić information content (AvgIpc) is 2.35. The lowest BCUT2D eigenvalue weighted by molar-refractivity contribution is -0.0755. The van der Waals surface area contributed by atoms with Crippen molar-refractivity contribution in [3.05, 3.63) is 24.3 Å². The summed E-state index contributed by atoms with van der Waals surface area (Å²) in [7, 11) is 1.60. The molecule has 1 saturated heterocycles. The van der Waals surface area contributed by atoms with Gasteiger partial charge in [-0.25, -0.2) is 4.79 Å². The lowest BCUT2D eigenvalue weighted by Crippen LogP contribution is -2.63. The van der Waals surface area contributed by atoms with E-state index in [0.717, 1.165) is 5.75 Å². The van der Waals surface area contributed by atoms with Gasteiger partial charge in [-0.05, 0) is 30.7 Å². The summed E-state index contributed by atoms with van der Waals surface area (Å²) in [6.45, 7) is 2.70.